The van der Waals surface area contributed by atoms with Crippen molar-refractivity contribution in [2.45, 2.75) is 38.6 Å². The summed E-state index contributed by atoms with van der Waals surface area (Å²) in [5.74, 6) is 2.64. The maximum Gasteiger partial charge on any atom is 0.224 e. The molecular weight excluding hydrogens is 286 g/mol. The topological polar surface area (TPSA) is 38.3 Å². The van der Waals surface area contributed by atoms with Crippen molar-refractivity contribution in [2.75, 3.05) is 6.61 Å². The molecule has 3 unspecified atom stereocenters. The van der Waals surface area contributed by atoms with Gasteiger partial charge in [-0.1, -0.05) is 24.3 Å². The number of rotatable bonds is 3. The molecule has 3 atom stereocenters. The molecule has 5 rings (SSSR count). The number of amides is 1. The molecule has 0 aromatic heterocycles. The summed E-state index contributed by atoms with van der Waals surface area (Å²) >= 11 is 0. The first-order valence-corrected chi connectivity index (χ1v) is 8.97. The van der Waals surface area contributed by atoms with Crippen molar-refractivity contribution >= 4 is 5.91 Å². The van der Waals surface area contributed by atoms with E-state index >= 15 is 0 Å². The lowest BCUT2D eigenvalue weighted by Gasteiger charge is -2.20. The number of fused-ring (bicyclic) bond motifs is 1. The average Bonchev–Trinajstić information content (AvgIpc) is 3.26. The number of ether oxygens (including phenoxy) is 1. The Morgan fingerprint density at radius 2 is 2.22 bits per heavy atom. The minimum Gasteiger partial charge on any atom is -0.493 e. The molecule has 2 saturated carbocycles. The van der Waals surface area contributed by atoms with Gasteiger partial charge in [0.15, 0.2) is 0 Å². The first kappa shape index (κ1) is 13.6. The van der Waals surface area contributed by atoms with Gasteiger partial charge in [-0.05, 0) is 66.5 Å². The van der Waals surface area contributed by atoms with Crippen LogP contribution in [0.2, 0.25) is 0 Å². The summed E-state index contributed by atoms with van der Waals surface area (Å²) < 4.78 is 5.65. The summed E-state index contributed by atoms with van der Waals surface area (Å²) in [6.07, 6.45) is 10.6. The van der Waals surface area contributed by atoms with Gasteiger partial charge < -0.3 is 10.1 Å². The number of aryl methyl sites for hydroxylation is 1. The van der Waals surface area contributed by atoms with Gasteiger partial charge in [0.2, 0.25) is 5.91 Å². The van der Waals surface area contributed by atoms with E-state index in [4.69, 9.17) is 4.74 Å². The van der Waals surface area contributed by atoms with E-state index in [0.29, 0.717) is 23.8 Å². The molecule has 1 heterocycles. The number of nitrogens with one attached hydrogen (secondary N) is 1. The van der Waals surface area contributed by atoms with E-state index in [1.54, 1.807) is 0 Å². The Bertz CT molecular complexity index is 689. The van der Waals surface area contributed by atoms with Crippen molar-refractivity contribution in [3.8, 4) is 5.75 Å². The maximum atomic E-state index is 12.6. The van der Waals surface area contributed by atoms with Crippen molar-refractivity contribution in [1.82, 2.24) is 5.32 Å². The molecule has 0 saturated heterocycles. The molecule has 1 aromatic carbocycles. The molecule has 3 nitrogen and oxygen atoms in total. The molecule has 1 aliphatic heterocycles. The Labute approximate surface area is 137 Å². The maximum absolute atomic E-state index is 12.6. The number of carbonyl (C=O) groups excluding carboxylic acids is 1. The summed E-state index contributed by atoms with van der Waals surface area (Å²) in [5, 5.41) is 3.18. The van der Waals surface area contributed by atoms with Crippen LogP contribution in [0.1, 0.15) is 36.8 Å². The highest BCUT2D eigenvalue weighted by molar-refractivity contribution is 5.80. The fraction of sp³-hybridized carbons (Fsp3) is 0.550. The zero-order valence-corrected chi connectivity index (χ0v) is 13.4. The van der Waals surface area contributed by atoms with E-state index in [1.165, 1.54) is 24.0 Å². The van der Waals surface area contributed by atoms with Crippen molar-refractivity contribution in [2.24, 2.45) is 23.2 Å². The standard InChI is InChI=1S/C20H23NO2/c22-19(16-11-15-4-5-17(16)20(15)7-8-20)21-12-13-3-6-18-14(10-13)2-1-9-23-18/h3-6,10,15-17H,1-2,7-9,11-12H2,(H,21,22). The van der Waals surface area contributed by atoms with Gasteiger partial charge in [-0.15, -0.1) is 0 Å². The molecular formula is C20H23NO2. The Hall–Kier alpha value is -1.77. The Morgan fingerprint density at radius 3 is 3.04 bits per heavy atom. The molecule has 1 amide bonds. The molecule has 3 aliphatic carbocycles. The molecule has 0 radical (unpaired) electrons. The molecule has 2 fully saturated rings. The normalized spacial score (nSPS) is 31.7. The lowest BCUT2D eigenvalue weighted by molar-refractivity contribution is -0.126. The van der Waals surface area contributed by atoms with Gasteiger partial charge in [-0.2, -0.15) is 0 Å². The van der Waals surface area contributed by atoms with E-state index in [1.807, 2.05) is 0 Å². The van der Waals surface area contributed by atoms with Crippen LogP contribution in [0.3, 0.4) is 0 Å². The van der Waals surface area contributed by atoms with Gasteiger partial charge in [0.1, 0.15) is 5.75 Å². The second-order valence-electron chi connectivity index (χ2n) is 7.70. The molecule has 1 spiro atoms. The quantitative estimate of drug-likeness (QED) is 0.871. The van der Waals surface area contributed by atoms with E-state index in [0.717, 1.165) is 31.6 Å². The number of benzene rings is 1. The van der Waals surface area contributed by atoms with Crippen molar-refractivity contribution < 1.29 is 9.53 Å². The van der Waals surface area contributed by atoms with Crippen LogP contribution in [0.4, 0.5) is 0 Å². The minimum absolute atomic E-state index is 0.202. The second-order valence-corrected chi connectivity index (χ2v) is 7.70. The van der Waals surface area contributed by atoms with Crippen LogP contribution >= 0.6 is 0 Å². The molecule has 23 heavy (non-hydrogen) atoms. The van der Waals surface area contributed by atoms with Crippen molar-refractivity contribution in [3.05, 3.63) is 41.5 Å². The number of hydrogen-bond acceptors (Lipinski definition) is 2. The van der Waals surface area contributed by atoms with E-state index in [2.05, 4.69) is 35.7 Å². The summed E-state index contributed by atoms with van der Waals surface area (Å²) in [7, 11) is 0. The van der Waals surface area contributed by atoms with Gasteiger partial charge >= 0.3 is 0 Å². The summed E-state index contributed by atoms with van der Waals surface area (Å²) in [4.78, 5) is 12.6. The Kier molecular flexibility index (Phi) is 2.88. The Balaban J connectivity index is 1.25. The van der Waals surface area contributed by atoms with Gasteiger partial charge in [-0.25, -0.2) is 0 Å². The number of carbonyl (C=O) groups is 1. The van der Waals surface area contributed by atoms with E-state index < -0.39 is 0 Å². The third-order valence-electron chi connectivity index (χ3n) is 6.50. The predicted octanol–water partition coefficient (Wildman–Crippen LogP) is 3.23. The van der Waals surface area contributed by atoms with E-state index in [9.17, 15) is 4.79 Å². The molecule has 1 aromatic rings. The van der Waals surface area contributed by atoms with Crippen molar-refractivity contribution in [3.63, 3.8) is 0 Å². The monoisotopic (exact) mass is 309 g/mol. The minimum atomic E-state index is 0.202. The zero-order chi connectivity index (χ0) is 15.4. The summed E-state index contributed by atoms with van der Waals surface area (Å²) in [6, 6.07) is 6.32. The molecule has 120 valence electrons. The highest BCUT2D eigenvalue weighted by Crippen LogP contribution is 2.70. The van der Waals surface area contributed by atoms with Crippen LogP contribution in [-0.4, -0.2) is 12.5 Å². The fourth-order valence-electron chi connectivity index (χ4n) is 5.12. The highest BCUT2D eigenvalue weighted by atomic mass is 16.5. The van der Waals surface area contributed by atoms with E-state index in [-0.39, 0.29) is 11.8 Å². The molecule has 3 heteroatoms. The smallest absolute Gasteiger partial charge is 0.224 e. The molecule has 1 N–H and O–H groups in total. The summed E-state index contributed by atoms with van der Waals surface area (Å²) in [6.45, 7) is 1.46. The predicted molar refractivity (Wildman–Crippen MR) is 88.0 cm³/mol. The number of hydrogen-bond donors (Lipinski definition) is 1. The highest BCUT2D eigenvalue weighted by Gasteiger charge is 2.63. The lowest BCUT2D eigenvalue weighted by atomic mass is 9.88. The first-order chi connectivity index (χ1) is 11.3. The van der Waals surface area contributed by atoms with Crippen LogP contribution in [0.25, 0.3) is 0 Å². The molecule has 2 bridgehead atoms. The van der Waals surface area contributed by atoms with Crippen LogP contribution in [0, 0.1) is 23.2 Å². The number of allylic oxidation sites excluding steroid dienone is 2. The third kappa shape index (κ3) is 2.05. The third-order valence-corrected chi connectivity index (χ3v) is 6.50. The zero-order valence-electron chi connectivity index (χ0n) is 13.4. The van der Waals surface area contributed by atoms with Crippen LogP contribution in [0.15, 0.2) is 30.4 Å². The van der Waals surface area contributed by atoms with Gasteiger partial charge in [0.25, 0.3) is 0 Å². The van der Waals surface area contributed by atoms with Crippen LogP contribution in [0.5, 0.6) is 5.75 Å². The average molecular weight is 309 g/mol. The summed E-state index contributed by atoms with van der Waals surface area (Å²) in [5.41, 5.74) is 2.95. The van der Waals surface area contributed by atoms with Gasteiger partial charge in [0.05, 0.1) is 6.61 Å². The lowest BCUT2D eigenvalue weighted by Crippen LogP contribution is -2.33. The van der Waals surface area contributed by atoms with Gasteiger partial charge in [-0.3, -0.25) is 4.79 Å². The largest absolute Gasteiger partial charge is 0.493 e. The van der Waals surface area contributed by atoms with Crippen molar-refractivity contribution in [1.29, 1.82) is 0 Å². The van der Waals surface area contributed by atoms with Crippen LogP contribution < -0.4 is 10.1 Å². The fourth-order valence-corrected chi connectivity index (χ4v) is 5.12. The Morgan fingerprint density at radius 1 is 1.30 bits per heavy atom. The van der Waals surface area contributed by atoms with Gasteiger partial charge in [0, 0.05) is 12.5 Å². The molecule has 4 aliphatic rings. The SMILES string of the molecule is O=C(NCc1ccc2c(c1)CCCO2)C1CC2C=CC1C21CC1. The van der Waals surface area contributed by atoms with Crippen LogP contribution in [-0.2, 0) is 17.8 Å². The second kappa shape index (κ2) is 4.86. The first-order valence-electron chi connectivity index (χ1n) is 8.97.